The van der Waals surface area contributed by atoms with Crippen LogP contribution in [0.25, 0.3) is 0 Å². The zero-order valence-corrected chi connectivity index (χ0v) is 20.5. The van der Waals surface area contributed by atoms with Crippen LogP contribution < -0.4 is 14.8 Å². The number of nitrogens with one attached hydrogen (secondary N) is 1. The smallest absolute Gasteiger partial charge is 0.251 e. The first-order valence-corrected chi connectivity index (χ1v) is 12.7. The zero-order chi connectivity index (χ0) is 22.6. The molecule has 0 saturated carbocycles. The van der Waals surface area contributed by atoms with Crippen molar-refractivity contribution in [2.24, 2.45) is 0 Å². The second-order valence-electron chi connectivity index (χ2n) is 8.63. The molecule has 1 rings (SSSR count). The minimum atomic E-state index is -0.0538. The maximum atomic E-state index is 12.3. The summed E-state index contributed by atoms with van der Waals surface area (Å²) in [4.78, 5) is 12.3. The molecule has 0 aliphatic carbocycles. The van der Waals surface area contributed by atoms with Crippen molar-refractivity contribution in [3.05, 3.63) is 23.8 Å². The van der Waals surface area contributed by atoms with Crippen molar-refractivity contribution in [3.8, 4) is 11.5 Å². The number of amides is 1. The third kappa shape index (κ3) is 13.3. The molecule has 0 aromatic heterocycles. The average Bonchev–Trinajstić information content (AvgIpc) is 2.80. The van der Waals surface area contributed by atoms with E-state index < -0.39 is 0 Å². The van der Waals surface area contributed by atoms with Crippen LogP contribution in [0.4, 0.5) is 0 Å². The summed E-state index contributed by atoms with van der Waals surface area (Å²) >= 11 is 0. The maximum Gasteiger partial charge on any atom is 0.251 e. The Morgan fingerprint density at radius 2 is 1.13 bits per heavy atom. The van der Waals surface area contributed by atoms with E-state index in [-0.39, 0.29) is 5.91 Å². The molecule has 1 aromatic carbocycles. The van der Waals surface area contributed by atoms with E-state index in [0.717, 1.165) is 13.0 Å². The molecule has 1 amide bonds. The quantitative estimate of drug-likeness (QED) is 0.214. The highest BCUT2D eigenvalue weighted by atomic mass is 16.5. The van der Waals surface area contributed by atoms with Crippen LogP contribution in [-0.2, 0) is 0 Å². The minimum absolute atomic E-state index is 0.0538. The first kappa shape index (κ1) is 27.3. The van der Waals surface area contributed by atoms with Crippen LogP contribution in [0.5, 0.6) is 11.5 Å². The third-order valence-electron chi connectivity index (χ3n) is 5.96. The van der Waals surface area contributed by atoms with Crippen molar-refractivity contribution >= 4 is 5.91 Å². The number of hydrogen-bond donors (Lipinski definition) is 1. The molecule has 0 radical (unpaired) electrons. The van der Waals surface area contributed by atoms with Gasteiger partial charge in [-0.3, -0.25) is 4.79 Å². The molecule has 0 aliphatic rings. The highest BCUT2D eigenvalue weighted by molar-refractivity contribution is 5.94. The zero-order valence-electron chi connectivity index (χ0n) is 20.5. The molecule has 0 heterocycles. The third-order valence-corrected chi connectivity index (χ3v) is 5.96. The van der Waals surface area contributed by atoms with Crippen molar-refractivity contribution < 1.29 is 14.3 Å². The van der Waals surface area contributed by atoms with Gasteiger partial charge in [0.15, 0.2) is 11.5 Å². The Labute approximate surface area is 191 Å². The number of rotatable bonds is 20. The second kappa shape index (κ2) is 19.0. The number of ether oxygens (including phenoxy) is 2. The normalized spacial score (nSPS) is 10.8. The number of benzene rings is 1. The molecule has 0 bridgehead atoms. The molecule has 178 valence electrons. The number of methoxy groups -OCH3 is 2. The molecule has 4 heteroatoms. The van der Waals surface area contributed by atoms with Crippen molar-refractivity contribution in [2.45, 2.75) is 110 Å². The van der Waals surface area contributed by atoms with Gasteiger partial charge >= 0.3 is 0 Å². The Hall–Kier alpha value is -1.71. The van der Waals surface area contributed by atoms with Gasteiger partial charge in [-0.1, -0.05) is 103 Å². The van der Waals surface area contributed by atoms with E-state index in [1.165, 1.54) is 96.3 Å². The van der Waals surface area contributed by atoms with Gasteiger partial charge in [-0.05, 0) is 24.6 Å². The summed E-state index contributed by atoms with van der Waals surface area (Å²) in [6, 6.07) is 5.26. The first-order chi connectivity index (χ1) is 15.2. The Morgan fingerprint density at radius 1 is 0.677 bits per heavy atom. The average molecular weight is 434 g/mol. The highest BCUT2D eigenvalue weighted by Crippen LogP contribution is 2.27. The SMILES string of the molecule is CCCCCCCCCCCCCCCCCCNC(=O)c1ccc(OC)c(OC)c1. The van der Waals surface area contributed by atoms with Crippen LogP contribution in [0.3, 0.4) is 0 Å². The maximum absolute atomic E-state index is 12.3. The molecular weight excluding hydrogens is 386 g/mol. The van der Waals surface area contributed by atoms with Gasteiger partial charge in [-0.15, -0.1) is 0 Å². The second-order valence-corrected chi connectivity index (χ2v) is 8.63. The van der Waals surface area contributed by atoms with Crippen molar-refractivity contribution in [3.63, 3.8) is 0 Å². The van der Waals surface area contributed by atoms with Crippen molar-refractivity contribution in [2.75, 3.05) is 20.8 Å². The molecule has 0 fully saturated rings. The molecule has 1 N–H and O–H groups in total. The van der Waals surface area contributed by atoms with E-state index >= 15 is 0 Å². The summed E-state index contributed by atoms with van der Waals surface area (Å²) in [5.74, 6) is 1.16. The van der Waals surface area contributed by atoms with E-state index in [1.54, 1.807) is 32.4 Å². The molecular formula is C27H47NO3. The van der Waals surface area contributed by atoms with E-state index in [1.807, 2.05) is 0 Å². The summed E-state index contributed by atoms with van der Waals surface area (Å²) < 4.78 is 10.5. The monoisotopic (exact) mass is 433 g/mol. The van der Waals surface area contributed by atoms with Crippen LogP contribution in [0.2, 0.25) is 0 Å². The van der Waals surface area contributed by atoms with Crippen LogP contribution >= 0.6 is 0 Å². The Bertz CT molecular complexity index is 574. The summed E-state index contributed by atoms with van der Waals surface area (Å²) in [5.41, 5.74) is 0.606. The van der Waals surface area contributed by atoms with Crippen molar-refractivity contribution in [1.29, 1.82) is 0 Å². The molecule has 1 aromatic rings. The van der Waals surface area contributed by atoms with Gasteiger partial charge in [0, 0.05) is 12.1 Å². The standard InChI is InChI=1S/C27H47NO3/c1-4-5-6-7-8-9-10-11-12-13-14-15-16-17-18-19-22-28-27(29)24-20-21-25(30-2)26(23-24)31-3/h20-21,23H,4-19,22H2,1-3H3,(H,28,29). The fraction of sp³-hybridized carbons (Fsp3) is 0.741. The van der Waals surface area contributed by atoms with Gasteiger partial charge in [0.2, 0.25) is 0 Å². The number of carbonyl (C=O) groups is 1. The lowest BCUT2D eigenvalue weighted by Crippen LogP contribution is -2.24. The summed E-state index contributed by atoms with van der Waals surface area (Å²) in [5, 5.41) is 3.00. The molecule has 0 unspecified atom stereocenters. The predicted octanol–water partition coefficient (Wildman–Crippen LogP) is 7.70. The Morgan fingerprint density at radius 3 is 1.58 bits per heavy atom. The molecule has 4 nitrogen and oxygen atoms in total. The summed E-state index contributed by atoms with van der Waals surface area (Å²) in [6.45, 7) is 3.01. The largest absolute Gasteiger partial charge is 0.493 e. The lowest BCUT2D eigenvalue weighted by Gasteiger charge is -2.10. The van der Waals surface area contributed by atoms with Gasteiger partial charge < -0.3 is 14.8 Å². The van der Waals surface area contributed by atoms with E-state index in [9.17, 15) is 4.79 Å². The predicted molar refractivity (Wildman–Crippen MR) is 131 cm³/mol. The van der Waals surface area contributed by atoms with Gasteiger partial charge in [0.25, 0.3) is 5.91 Å². The van der Waals surface area contributed by atoms with Gasteiger partial charge in [-0.25, -0.2) is 0 Å². The number of hydrogen-bond acceptors (Lipinski definition) is 3. The van der Waals surface area contributed by atoms with Crippen molar-refractivity contribution in [1.82, 2.24) is 5.32 Å². The van der Waals surface area contributed by atoms with Crippen LogP contribution in [0.15, 0.2) is 18.2 Å². The van der Waals surface area contributed by atoms with Gasteiger partial charge in [0.1, 0.15) is 0 Å². The summed E-state index contributed by atoms with van der Waals surface area (Å²) in [6.07, 6.45) is 21.7. The van der Waals surface area contributed by atoms with E-state index in [0.29, 0.717) is 17.1 Å². The fourth-order valence-electron chi connectivity index (χ4n) is 3.95. The fourth-order valence-corrected chi connectivity index (χ4v) is 3.95. The lowest BCUT2D eigenvalue weighted by molar-refractivity contribution is 0.0952. The van der Waals surface area contributed by atoms with Gasteiger partial charge in [0.05, 0.1) is 14.2 Å². The van der Waals surface area contributed by atoms with Crippen LogP contribution in [0, 0.1) is 0 Å². The number of carbonyl (C=O) groups excluding carboxylic acids is 1. The van der Waals surface area contributed by atoms with Gasteiger partial charge in [-0.2, -0.15) is 0 Å². The van der Waals surface area contributed by atoms with Crippen LogP contribution in [0.1, 0.15) is 120 Å². The van der Waals surface area contributed by atoms with Crippen LogP contribution in [-0.4, -0.2) is 26.7 Å². The first-order valence-electron chi connectivity index (χ1n) is 12.7. The topological polar surface area (TPSA) is 47.6 Å². The highest BCUT2D eigenvalue weighted by Gasteiger charge is 2.10. The Balaban J connectivity index is 1.91. The number of unbranched alkanes of at least 4 members (excludes halogenated alkanes) is 15. The molecule has 31 heavy (non-hydrogen) atoms. The molecule has 0 spiro atoms. The molecule has 0 atom stereocenters. The Kier molecular flexibility index (Phi) is 16.8. The molecule has 0 aliphatic heterocycles. The summed E-state index contributed by atoms with van der Waals surface area (Å²) in [7, 11) is 3.17. The van der Waals surface area contributed by atoms with E-state index in [2.05, 4.69) is 12.2 Å². The lowest BCUT2D eigenvalue weighted by atomic mass is 10.0. The minimum Gasteiger partial charge on any atom is -0.493 e. The van der Waals surface area contributed by atoms with E-state index in [4.69, 9.17) is 9.47 Å². The molecule has 0 saturated heterocycles.